The van der Waals surface area contributed by atoms with Gasteiger partial charge in [0.15, 0.2) is 5.82 Å². The molecule has 5 aliphatic rings. The predicted octanol–water partition coefficient (Wildman–Crippen LogP) is 7.48. The topological polar surface area (TPSA) is 122 Å². The zero-order valence-electron chi connectivity index (χ0n) is 33.6. The van der Waals surface area contributed by atoms with Gasteiger partial charge in [0, 0.05) is 79.0 Å². The summed E-state index contributed by atoms with van der Waals surface area (Å²) in [5, 5.41) is 3.95. The molecule has 3 amide bonds. The second kappa shape index (κ2) is 15.9. The third-order valence-corrected chi connectivity index (χ3v) is 13.2. The fraction of sp³-hybridized carbons (Fsp3) is 0.413. The number of benzene rings is 2. The number of nitrogens with one attached hydrogen (secondary N) is 1. The van der Waals surface area contributed by atoms with Crippen molar-refractivity contribution in [3.63, 3.8) is 0 Å². The van der Waals surface area contributed by atoms with E-state index in [9.17, 15) is 23.2 Å². The van der Waals surface area contributed by atoms with Crippen LogP contribution in [0.5, 0.6) is 5.88 Å². The lowest BCUT2D eigenvalue weighted by Gasteiger charge is -2.41. The van der Waals surface area contributed by atoms with Crippen LogP contribution in [0, 0.1) is 11.7 Å². The average Bonchev–Trinajstić information content (AvgIpc) is 3.71. The number of hydrogen-bond donors (Lipinski definition) is 1. The summed E-state index contributed by atoms with van der Waals surface area (Å²) in [4.78, 5) is 53.3. The Bertz CT molecular complexity index is 2560. The van der Waals surface area contributed by atoms with Gasteiger partial charge in [-0.3, -0.25) is 28.8 Å². The number of fused-ring (bicyclic) bond motifs is 4. The molecule has 12 nitrogen and oxygen atoms in total. The van der Waals surface area contributed by atoms with Crippen molar-refractivity contribution in [2.24, 2.45) is 5.92 Å². The third kappa shape index (κ3) is 7.41. The number of aromatic nitrogens is 3. The van der Waals surface area contributed by atoms with Crippen LogP contribution in [0.15, 0.2) is 79.4 Å². The Labute approximate surface area is 350 Å². The maximum atomic E-state index is 15.3. The second-order valence-electron chi connectivity index (χ2n) is 17.0. The maximum absolute atomic E-state index is 15.3. The monoisotopic (exact) mass is 833 g/mol. The van der Waals surface area contributed by atoms with E-state index in [0.29, 0.717) is 68.5 Å². The van der Waals surface area contributed by atoms with E-state index in [1.54, 1.807) is 42.6 Å². The number of imide groups is 1. The fourth-order valence-corrected chi connectivity index (χ4v) is 9.88. The lowest BCUT2D eigenvalue weighted by molar-refractivity contribution is -0.125. The van der Waals surface area contributed by atoms with E-state index in [-0.39, 0.29) is 30.1 Å². The van der Waals surface area contributed by atoms with Crippen LogP contribution in [0.3, 0.4) is 0 Å². The highest BCUT2D eigenvalue weighted by Gasteiger charge is 2.44. The largest absolute Gasteiger partial charge is 0.472 e. The van der Waals surface area contributed by atoms with Crippen LogP contribution in [-0.2, 0) is 9.53 Å². The fourth-order valence-electron chi connectivity index (χ4n) is 9.88. The molecule has 15 heteroatoms. The van der Waals surface area contributed by atoms with Crippen molar-refractivity contribution in [3.05, 3.63) is 96.3 Å². The molecule has 3 saturated heterocycles. The number of amides is 3. The second-order valence-corrected chi connectivity index (χ2v) is 17.0. The number of anilines is 1. The Morgan fingerprint density at radius 2 is 1.56 bits per heavy atom. The van der Waals surface area contributed by atoms with Crippen molar-refractivity contribution >= 4 is 45.2 Å². The zero-order chi connectivity index (χ0) is 41.9. The molecule has 61 heavy (non-hydrogen) atoms. The van der Waals surface area contributed by atoms with Gasteiger partial charge >= 0.3 is 6.55 Å². The number of allylic oxidation sites excluding steroid dienone is 1. The number of ether oxygens (including phenoxy) is 2. The van der Waals surface area contributed by atoms with Gasteiger partial charge in [-0.05, 0) is 99.2 Å². The quantitative estimate of drug-likeness (QED) is 0.143. The van der Waals surface area contributed by atoms with Gasteiger partial charge in [0.1, 0.15) is 12.1 Å². The minimum atomic E-state index is -2.75. The molecule has 3 aromatic heterocycles. The summed E-state index contributed by atoms with van der Waals surface area (Å²) in [5.41, 5.74) is 3.95. The molecule has 5 aromatic rings. The van der Waals surface area contributed by atoms with Gasteiger partial charge < -0.3 is 24.6 Å². The van der Waals surface area contributed by atoms with E-state index in [1.807, 2.05) is 6.07 Å². The van der Waals surface area contributed by atoms with Crippen LogP contribution in [0.1, 0.15) is 78.6 Å². The number of rotatable bonds is 10. The standard InChI is InChI=1S/C46H46F3N7O5/c1-26-2-7-40(42(57)52-26)56-44(58)35-6-4-30(22-36(35)45(56)59)54-16-11-32(12-17-54)60-31-9-14-53(15-10-31)25-27-18-33(19-27)61-43-38(47)20-29(23-51-43)28-3-5-34-37-24-50-13-8-39(37)55(46(48)49)41(34)21-28/h3-6,8,13,20-24,27,31-33,40,46H,1-2,7,9-12,14-19,25H2,(H,52,57)/t27-,33-,40?. The summed E-state index contributed by atoms with van der Waals surface area (Å²) >= 11 is 0. The Hall–Kier alpha value is -5.80. The van der Waals surface area contributed by atoms with E-state index in [0.717, 1.165) is 86.4 Å². The highest BCUT2D eigenvalue weighted by Crippen LogP contribution is 2.38. The number of nitrogens with zero attached hydrogens (tertiary/aromatic N) is 6. The molecule has 0 spiro atoms. The average molecular weight is 834 g/mol. The van der Waals surface area contributed by atoms with Crippen LogP contribution in [-0.4, -0.2) is 99.1 Å². The molecule has 316 valence electrons. The lowest BCUT2D eigenvalue weighted by Crippen LogP contribution is -2.51. The number of carbonyl (C=O) groups is 3. The van der Waals surface area contributed by atoms with Crippen LogP contribution >= 0.6 is 0 Å². The number of hydrogen-bond acceptors (Lipinski definition) is 9. The maximum Gasteiger partial charge on any atom is 0.319 e. The smallest absolute Gasteiger partial charge is 0.319 e. The first-order valence-electron chi connectivity index (χ1n) is 21.2. The molecule has 1 saturated carbocycles. The Morgan fingerprint density at radius 3 is 2.30 bits per heavy atom. The Balaban J connectivity index is 0.661. The number of piperidine rings is 3. The van der Waals surface area contributed by atoms with Crippen LogP contribution in [0.4, 0.5) is 18.9 Å². The third-order valence-electron chi connectivity index (χ3n) is 13.2. The van der Waals surface area contributed by atoms with E-state index in [1.165, 1.54) is 18.5 Å². The van der Waals surface area contributed by atoms with Crippen molar-refractivity contribution < 1.29 is 37.0 Å². The van der Waals surface area contributed by atoms with E-state index in [4.69, 9.17) is 9.47 Å². The van der Waals surface area contributed by atoms with Gasteiger partial charge in [-0.2, -0.15) is 8.78 Å². The highest BCUT2D eigenvalue weighted by atomic mass is 19.3. The number of carbonyl (C=O) groups excluding carboxylic acids is 3. The van der Waals surface area contributed by atoms with Gasteiger partial charge in [0.25, 0.3) is 17.7 Å². The molecule has 4 fully saturated rings. The number of alkyl halides is 2. The predicted molar refractivity (Wildman–Crippen MR) is 222 cm³/mol. The molecule has 1 aliphatic carbocycles. The summed E-state index contributed by atoms with van der Waals surface area (Å²) in [5.74, 6) is -1.40. The Morgan fingerprint density at radius 1 is 0.803 bits per heavy atom. The first kappa shape index (κ1) is 39.3. The minimum absolute atomic E-state index is 0.0472. The van der Waals surface area contributed by atoms with Crippen molar-refractivity contribution in [2.75, 3.05) is 37.6 Å². The SMILES string of the molecule is C=C1CCC(N2C(=O)c3ccc(N4CCC(OC5CCN(C[C@H]6C[C@H](Oc7ncc(-c8ccc9c%10cnccc%10n(C(F)F)c9c8)cc7F)C6)CC5)CC4)cc3C2=O)C(=O)N1. The number of halogens is 3. The lowest BCUT2D eigenvalue weighted by atomic mass is 9.81. The summed E-state index contributed by atoms with van der Waals surface area (Å²) in [6.45, 7) is 5.48. The number of pyridine rings is 2. The molecule has 1 atom stereocenters. The molecule has 1 unspecified atom stereocenters. The van der Waals surface area contributed by atoms with Gasteiger partial charge in [-0.25, -0.2) is 9.37 Å². The first-order valence-corrected chi connectivity index (χ1v) is 21.2. The number of likely N-dealkylation sites (tertiary alicyclic amines) is 1. The van der Waals surface area contributed by atoms with Crippen molar-refractivity contribution in [2.45, 2.75) is 82.3 Å². The van der Waals surface area contributed by atoms with E-state index in [2.05, 4.69) is 31.7 Å². The molecule has 2 aromatic carbocycles. The highest BCUT2D eigenvalue weighted by molar-refractivity contribution is 6.23. The summed E-state index contributed by atoms with van der Waals surface area (Å²) in [6.07, 6.45) is 11.0. The molecule has 0 bridgehead atoms. The Kier molecular flexibility index (Phi) is 10.3. The van der Waals surface area contributed by atoms with Crippen LogP contribution < -0.4 is 15.0 Å². The molecule has 1 N–H and O–H groups in total. The molecule has 4 aliphatic heterocycles. The van der Waals surface area contributed by atoms with Gasteiger partial charge in [0.2, 0.25) is 5.91 Å². The molecule has 7 heterocycles. The van der Waals surface area contributed by atoms with Gasteiger partial charge in [-0.15, -0.1) is 0 Å². The molecule has 10 rings (SSSR count). The van der Waals surface area contributed by atoms with Crippen molar-refractivity contribution in [3.8, 4) is 17.0 Å². The van der Waals surface area contributed by atoms with Gasteiger partial charge in [-0.1, -0.05) is 18.7 Å². The zero-order valence-corrected chi connectivity index (χ0v) is 33.6. The van der Waals surface area contributed by atoms with Crippen molar-refractivity contribution in [1.82, 2.24) is 29.7 Å². The van der Waals surface area contributed by atoms with Crippen molar-refractivity contribution in [1.29, 1.82) is 0 Å². The summed E-state index contributed by atoms with van der Waals surface area (Å²) in [6, 6.07) is 12.6. The molecular formula is C46H46F3N7O5. The molecular weight excluding hydrogens is 788 g/mol. The normalized spacial score (nSPS) is 23.0. The van der Waals surface area contributed by atoms with Crippen LogP contribution in [0.2, 0.25) is 0 Å². The van der Waals surface area contributed by atoms with Gasteiger partial charge in [0.05, 0.1) is 34.4 Å². The summed E-state index contributed by atoms with van der Waals surface area (Å²) in [7, 11) is 0. The van der Waals surface area contributed by atoms with E-state index < -0.39 is 30.2 Å². The summed E-state index contributed by atoms with van der Waals surface area (Å²) < 4.78 is 57.0. The minimum Gasteiger partial charge on any atom is -0.472 e. The van der Waals surface area contributed by atoms with E-state index >= 15 is 4.39 Å². The molecule has 0 radical (unpaired) electrons. The first-order chi connectivity index (χ1) is 29.6. The van der Waals surface area contributed by atoms with Crippen LogP contribution in [0.25, 0.3) is 32.9 Å².